The summed E-state index contributed by atoms with van der Waals surface area (Å²) < 4.78 is 18.8. The van der Waals surface area contributed by atoms with E-state index in [0.717, 1.165) is 5.56 Å². The van der Waals surface area contributed by atoms with E-state index in [0.29, 0.717) is 12.2 Å². The zero-order valence-electron chi connectivity index (χ0n) is 10.9. The maximum atomic E-state index is 13.2. The summed E-state index contributed by atoms with van der Waals surface area (Å²) in [6, 6.07) is 4.82. The molecule has 0 aromatic heterocycles. The van der Waals surface area contributed by atoms with Gasteiger partial charge in [0.15, 0.2) is 0 Å². The molecule has 0 aliphatic rings. The number of halogens is 1. The molecule has 0 heterocycles. The summed E-state index contributed by atoms with van der Waals surface area (Å²) in [5, 5.41) is 0. The molecule has 1 aromatic rings. The van der Waals surface area contributed by atoms with Crippen LogP contribution < -0.4 is 11.3 Å². The average molecular weight is 240 g/mol. The van der Waals surface area contributed by atoms with Gasteiger partial charge in [-0.25, -0.2) is 4.39 Å². The van der Waals surface area contributed by atoms with Crippen molar-refractivity contribution in [3.8, 4) is 0 Å². The Balaban J connectivity index is 2.76. The van der Waals surface area contributed by atoms with Gasteiger partial charge in [0.25, 0.3) is 0 Å². The number of nitrogens with one attached hydrogen (secondary N) is 1. The molecule has 96 valence electrons. The van der Waals surface area contributed by atoms with Gasteiger partial charge in [-0.2, -0.15) is 0 Å². The molecule has 1 aromatic carbocycles. The van der Waals surface area contributed by atoms with Crippen LogP contribution in [0.5, 0.6) is 0 Å². The van der Waals surface area contributed by atoms with Gasteiger partial charge in [0.05, 0.1) is 18.2 Å². The lowest BCUT2D eigenvalue weighted by Gasteiger charge is -2.24. The predicted molar refractivity (Wildman–Crippen MR) is 66.9 cm³/mol. The van der Waals surface area contributed by atoms with Crippen molar-refractivity contribution in [2.75, 3.05) is 6.61 Å². The lowest BCUT2D eigenvalue weighted by atomic mass is 10.0. The summed E-state index contributed by atoms with van der Waals surface area (Å²) in [6.07, 6.45) is 0. The fourth-order valence-corrected chi connectivity index (χ4v) is 1.46. The van der Waals surface area contributed by atoms with Crippen molar-refractivity contribution >= 4 is 0 Å². The van der Waals surface area contributed by atoms with Crippen molar-refractivity contribution in [3.63, 3.8) is 0 Å². The fourth-order valence-electron chi connectivity index (χ4n) is 1.46. The third kappa shape index (κ3) is 4.42. The molecule has 1 atom stereocenters. The highest BCUT2D eigenvalue weighted by Gasteiger charge is 2.16. The first-order chi connectivity index (χ1) is 7.83. The molecule has 0 spiro atoms. The maximum Gasteiger partial charge on any atom is 0.126 e. The largest absolute Gasteiger partial charge is 0.374 e. The van der Waals surface area contributed by atoms with Crippen molar-refractivity contribution in [1.29, 1.82) is 0 Å². The summed E-state index contributed by atoms with van der Waals surface area (Å²) in [5.41, 5.74) is 4.01. The van der Waals surface area contributed by atoms with Crippen LogP contribution in [0.2, 0.25) is 0 Å². The highest BCUT2D eigenvalue weighted by atomic mass is 19.1. The van der Waals surface area contributed by atoms with Crippen molar-refractivity contribution in [2.24, 2.45) is 5.84 Å². The van der Waals surface area contributed by atoms with Gasteiger partial charge >= 0.3 is 0 Å². The second-order valence-corrected chi connectivity index (χ2v) is 5.15. The molecule has 0 amide bonds. The van der Waals surface area contributed by atoms with Gasteiger partial charge in [0, 0.05) is 0 Å². The number of hydrogen-bond donors (Lipinski definition) is 2. The molecule has 1 rings (SSSR count). The van der Waals surface area contributed by atoms with Gasteiger partial charge in [-0.05, 0) is 44.9 Å². The number of ether oxygens (including phenoxy) is 1. The van der Waals surface area contributed by atoms with Crippen LogP contribution in [0.3, 0.4) is 0 Å². The van der Waals surface area contributed by atoms with E-state index in [-0.39, 0.29) is 17.5 Å². The Bertz CT molecular complexity index is 374. The first kappa shape index (κ1) is 14.1. The topological polar surface area (TPSA) is 47.3 Å². The molecule has 0 aliphatic heterocycles. The Hall–Kier alpha value is -0.970. The Morgan fingerprint density at radius 3 is 2.53 bits per heavy atom. The Morgan fingerprint density at radius 1 is 1.41 bits per heavy atom. The SMILES string of the molecule is Cc1cc(C(COC(C)(C)C)NN)ccc1F. The van der Waals surface area contributed by atoms with Crippen LogP contribution in [0.25, 0.3) is 0 Å². The summed E-state index contributed by atoms with van der Waals surface area (Å²) in [7, 11) is 0. The molecule has 0 aliphatic carbocycles. The molecule has 3 nitrogen and oxygen atoms in total. The number of hydrazine groups is 1. The van der Waals surface area contributed by atoms with E-state index < -0.39 is 0 Å². The summed E-state index contributed by atoms with van der Waals surface area (Å²) in [6.45, 7) is 8.13. The minimum absolute atomic E-state index is 0.131. The Labute approximate surface area is 102 Å². The molecule has 17 heavy (non-hydrogen) atoms. The molecule has 3 N–H and O–H groups in total. The van der Waals surface area contributed by atoms with Gasteiger partial charge in [0.2, 0.25) is 0 Å². The van der Waals surface area contributed by atoms with E-state index in [1.807, 2.05) is 20.8 Å². The summed E-state index contributed by atoms with van der Waals surface area (Å²) in [5.74, 6) is 5.29. The number of hydrogen-bond acceptors (Lipinski definition) is 3. The summed E-state index contributed by atoms with van der Waals surface area (Å²) >= 11 is 0. The van der Waals surface area contributed by atoms with Gasteiger partial charge in [-0.3, -0.25) is 11.3 Å². The Kier molecular flexibility index (Phi) is 4.62. The van der Waals surface area contributed by atoms with E-state index in [1.165, 1.54) is 6.07 Å². The maximum absolute atomic E-state index is 13.2. The zero-order chi connectivity index (χ0) is 13.1. The van der Waals surface area contributed by atoms with Crippen molar-refractivity contribution in [2.45, 2.75) is 39.3 Å². The van der Waals surface area contributed by atoms with Crippen LogP contribution in [0.4, 0.5) is 4.39 Å². The van der Waals surface area contributed by atoms with Crippen LogP contribution in [0.1, 0.15) is 37.9 Å². The van der Waals surface area contributed by atoms with Crippen LogP contribution in [0, 0.1) is 12.7 Å². The van der Waals surface area contributed by atoms with Crippen LogP contribution in [0.15, 0.2) is 18.2 Å². The first-order valence-electron chi connectivity index (χ1n) is 5.69. The van der Waals surface area contributed by atoms with Crippen LogP contribution in [-0.2, 0) is 4.74 Å². The van der Waals surface area contributed by atoms with Gasteiger partial charge < -0.3 is 4.74 Å². The first-order valence-corrected chi connectivity index (χ1v) is 5.69. The van der Waals surface area contributed by atoms with E-state index in [1.54, 1.807) is 19.1 Å². The Morgan fingerprint density at radius 2 is 2.06 bits per heavy atom. The lowest BCUT2D eigenvalue weighted by molar-refractivity contribution is -0.0148. The van der Waals surface area contributed by atoms with Crippen molar-refractivity contribution in [1.82, 2.24) is 5.43 Å². The third-order valence-corrected chi connectivity index (χ3v) is 2.47. The number of rotatable bonds is 4. The molecule has 0 bridgehead atoms. The lowest BCUT2D eigenvalue weighted by Crippen LogP contribution is -2.34. The monoisotopic (exact) mass is 240 g/mol. The minimum Gasteiger partial charge on any atom is -0.374 e. The highest BCUT2D eigenvalue weighted by molar-refractivity contribution is 5.26. The molecule has 0 saturated heterocycles. The molecular formula is C13H21FN2O. The molecule has 0 radical (unpaired) electrons. The molecule has 0 fully saturated rings. The second kappa shape index (κ2) is 5.58. The van der Waals surface area contributed by atoms with Crippen molar-refractivity contribution < 1.29 is 9.13 Å². The van der Waals surface area contributed by atoms with Crippen molar-refractivity contribution in [3.05, 3.63) is 35.1 Å². The van der Waals surface area contributed by atoms with E-state index >= 15 is 0 Å². The van der Waals surface area contributed by atoms with E-state index in [2.05, 4.69) is 5.43 Å². The second-order valence-electron chi connectivity index (χ2n) is 5.15. The molecule has 1 unspecified atom stereocenters. The smallest absolute Gasteiger partial charge is 0.126 e. The van der Waals surface area contributed by atoms with Crippen LogP contribution in [-0.4, -0.2) is 12.2 Å². The van der Waals surface area contributed by atoms with Gasteiger partial charge in [0.1, 0.15) is 5.82 Å². The number of benzene rings is 1. The van der Waals surface area contributed by atoms with Crippen LogP contribution >= 0.6 is 0 Å². The summed E-state index contributed by atoms with van der Waals surface area (Å²) in [4.78, 5) is 0. The number of aryl methyl sites for hydroxylation is 1. The molecule has 4 heteroatoms. The normalized spacial score (nSPS) is 13.8. The van der Waals surface area contributed by atoms with Gasteiger partial charge in [-0.1, -0.05) is 12.1 Å². The molecule has 0 saturated carbocycles. The van der Waals surface area contributed by atoms with E-state index in [9.17, 15) is 4.39 Å². The van der Waals surface area contributed by atoms with E-state index in [4.69, 9.17) is 10.6 Å². The number of nitrogens with two attached hydrogens (primary N) is 1. The molecular weight excluding hydrogens is 219 g/mol. The minimum atomic E-state index is -0.218. The van der Waals surface area contributed by atoms with Gasteiger partial charge in [-0.15, -0.1) is 0 Å². The highest BCUT2D eigenvalue weighted by Crippen LogP contribution is 2.18. The standard InChI is InChI=1S/C13H21FN2O/c1-9-7-10(5-6-11(9)14)12(16-15)8-17-13(2,3)4/h5-7,12,16H,8,15H2,1-4H3. The fraction of sp³-hybridized carbons (Fsp3) is 0.538. The predicted octanol–water partition coefficient (Wildman–Crippen LogP) is 2.45. The average Bonchev–Trinajstić information content (AvgIpc) is 2.22. The third-order valence-electron chi connectivity index (χ3n) is 2.47. The zero-order valence-corrected chi connectivity index (χ0v) is 10.9. The quantitative estimate of drug-likeness (QED) is 0.628.